The Morgan fingerprint density at radius 1 is 1.24 bits per heavy atom. The summed E-state index contributed by atoms with van der Waals surface area (Å²) >= 11 is 0. The Kier molecular flexibility index (Phi) is 6.51. The molecule has 0 amide bonds. The zero-order chi connectivity index (χ0) is 15.3. The fourth-order valence-corrected chi connectivity index (χ4v) is 4.04. The Morgan fingerprint density at radius 2 is 1.95 bits per heavy atom. The van der Waals surface area contributed by atoms with E-state index in [0.717, 1.165) is 44.3 Å². The third kappa shape index (κ3) is 5.54. The first-order valence-electron chi connectivity index (χ1n) is 9.10. The number of likely N-dealkylation sites (tertiary alicyclic amines) is 1. The fraction of sp³-hybridized carbons (Fsp3) is 1.00. The average molecular weight is 296 g/mol. The highest BCUT2D eigenvalue weighted by Gasteiger charge is 2.36. The van der Waals surface area contributed by atoms with Crippen LogP contribution in [-0.4, -0.2) is 48.8 Å². The maximum Gasteiger partial charge on any atom is 0.0667 e. The number of β-amino-alcohol motifs (C(OH)–C–C–N with tert-alkyl or cyclic N) is 1. The minimum absolute atomic E-state index is 0.0954. The van der Waals surface area contributed by atoms with Gasteiger partial charge in [0.2, 0.25) is 0 Å². The van der Waals surface area contributed by atoms with Crippen molar-refractivity contribution in [2.45, 2.75) is 65.4 Å². The minimum atomic E-state index is -0.0954. The van der Waals surface area contributed by atoms with Crippen LogP contribution in [0.15, 0.2) is 0 Å². The molecule has 1 saturated carbocycles. The lowest BCUT2D eigenvalue weighted by Crippen LogP contribution is -2.50. The number of aliphatic hydroxyl groups is 1. The normalized spacial score (nSPS) is 35.3. The average Bonchev–Trinajstić information content (AvgIpc) is 2.42. The van der Waals surface area contributed by atoms with Crippen molar-refractivity contribution >= 4 is 0 Å². The van der Waals surface area contributed by atoms with Gasteiger partial charge in [-0.25, -0.2) is 0 Å². The molecule has 2 rings (SSSR count). The summed E-state index contributed by atoms with van der Waals surface area (Å²) in [6, 6.07) is 0. The highest BCUT2D eigenvalue weighted by Crippen LogP contribution is 2.39. The molecule has 1 saturated heterocycles. The van der Waals surface area contributed by atoms with Crippen LogP contribution in [-0.2, 0) is 0 Å². The van der Waals surface area contributed by atoms with Gasteiger partial charge in [0.15, 0.2) is 0 Å². The first-order chi connectivity index (χ1) is 9.99. The number of hydrogen-bond acceptors (Lipinski definition) is 3. The van der Waals surface area contributed by atoms with E-state index in [0.29, 0.717) is 5.41 Å². The van der Waals surface area contributed by atoms with Gasteiger partial charge in [0, 0.05) is 19.6 Å². The Balaban J connectivity index is 1.91. The molecule has 0 radical (unpaired) electrons. The van der Waals surface area contributed by atoms with Crippen molar-refractivity contribution in [2.75, 3.05) is 32.7 Å². The smallest absolute Gasteiger partial charge is 0.0667 e. The van der Waals surface area contributed by atoms with Gasteiger partial charge < -0.3 is 15.3 Å². The summed E-state index contributed by atoms with van der Waals surface area (Å²) in [5.41, 5.74) is 0.443. The zero-order valence-corrected chi connectivity index (χ0v) is 14.4. The number of piperidine rings is 1. The van der Waals surface area contributed by atoms with Gasteiger partial charge in [-0.3, -0.25) is 0 Å². The molecular weight excluding hydrogens is 260 g/mol. The van der Waals surface area contributed by atoms with Crippen LogP contribution in [0.2, 0.25) is 0 Å². The second-order valence-electron chi connectivity index (χ2n) is 8.24. The second kappa shape index (κ2) is 7.94. The number of nitrogens with zero attached hydrogens (tertiary/aromatic N) is 1. The van der Waals surface area contributed by atoms with Crippen LogP contribution in [0.1, 0.15) is 59.3 Å². The summed E-state index contributed by atoms with van der Waals surface area (Å²) in [6.45, 7) is 12.5. The number of nitrogens with one attached hydrogen (secondary N) is 1. The van der Waals surface area contributed by atoms with E-state index >= 15 is 0 Å². The van der Waals surface area contributed by atoms with Gasteiger partial charge in [0.05, 0.1) is 6.10 Å². The Hall–Kier alpha value is -0.120. The van der Waals surface area contributed by atoms with Crippen LogP contribution < -0.4 is 5.32 Å². The molecule has 2 aliphatic rings. The summed E-state index contributed by atoms with van der Waals surface area (Å²) in [6.07, 6.45) is 7.51. The Bertz CT molecular complexity index is 298. The fourth-order valence-electron chi connectivity index (χ4n) is 4.04. The van der Waals surface area contributed by atoms with E-state index in [-0.39, 0.29) is 6.10 Å². The van der Waals surface area contributed by atoms with Gasteiger partial charge in [-0.1, -0.05) is 33.6 Å². The molecule has 0 spiro atoms. The van der Waals surface area contributed by atoms with Crippen molar-refractivity contribution < 1.29 is 5.11 Å². The molecule has 3 heteroatoms. The van der Waals surface area contributed by atoms with E-state index in [2.05, 4.69) is 31.0 Å². The highest BCUT2D eigenvalue weighted by molar-refractivity contribution is 4.90. The molecule has 0 aromatic carbocycles. The third-order valence-electron chi connectivity index (χ3n) is 5.43. The molecule has 2 fully saturated rings. The molecule has 21 heavy (non-hydrogen) atoms. The number of aliphatic hydroxyl groups excluding tert-OH is 1. The van der Waals surface area contributed by atoms with Gasteiger partial charge in [0.1, 0.15) is 0 Å². The van der Waals surface area contributed by atoms with Crippen LogP contribution in [0, 0.1) is 17.3 Å². The van der Waals surface area contributed by atoms with Crippen LogP contribution in [0.25, 0.3) is 0 Å². The van der Waals surface area contributed by atoms with E-state index in [1.807, 2.05) is 0 Å². The maximum atomic E-state index is 9.93. The van der Waals surface area contributed by atoms with Gasteiger partial charge in [-0.2, -0.15) is 0 Å². The van der Waals surface area contributed by atoms with Crippen LogP contribution in [0.4, 0.5) is 0 Å². The van der Waals surface area contributed by atoms with Gasteiger partial charge in [-0.15, -0.1) is 0 Å². The van der Waals surface area contributed by atoms with E-state index in [4.69, 9.17) is 0 Å². The lowest BCUT2D eigenvalue weighted by atomic mass is 9.70. The summed E-state index contributed by atoms with van der Waals surface area (Å²) in [5.74, 6) is 1.62. The first-order valence-corrected chi connectivity index (χ1v) is 9.10. The molecule has 1 aliphatic carbocycles. The van der Waals surface area contributed by atoms with Crippen molar-refractivity contribution in [3.05, 3.63) is 0 Å². The van der Waals surface area contributed by atoms with Crippen LogP contribution in [0.5, 0.6) is 0 Å². The van der Waals surface area contributed by atoms with Crippen molar-refractivity contribution in [1.82, 2.24) is 10.2 Å². The van der Waals surface area contributed by atoms with Crippen LogP contribution >= 0.6 is 0 Å². The van der Waals surface area contributed by atoms with Crippen molar-refractivity contribution in [3.63, 3.8) is 0 Å². The SMILES string of the molecule is CC(C)CNCC1(CN2CCCC(O)C2)CCC(C)CC1. The Morgan fingerprint density at radius 3 is 2.57 bits per heavy atom. The van der Waals surface area contributed by atoms with E-state index < -0.39 is 0 Å². The molecule has 1 atom stereocenters. The van der Waals surface area contributed by atoms with Gasteiger partial charge >= 0.3 is 0 Å². The molecule has 0 aromatic rings. The molecule has 1 aliphatic heterocycles. The minimum Gasteiger partial charge on any atom is -0.392 e. The third-order valence-corrected chi connectivity index (χ3v) is 5.43. The standard InChI is InChI=1S/C18H36N2O/c1-15(2)11-19-13-18(8-6-16(3)7-9-18)14-20-10-4-5-17(21)12-20/h15-17,19,21H,4-14H2,1-3H3. The molecular formula is C18H36N2O. The molecule has 3 nitrogen and oxygen atoms in total. The van der Waals surface area contributed by atoms with E-state index in [1.165, 1.54) is 38.8 Å². The monoisotopic (exact) mass is 296 g/mol. The summed E-state index contributed by atoms with van der Waals surface area (Å²) in [7, 11) is 0. The predicted molar refractivity (Wildman–Crippen MR) is 89.5 cm³/mol. The van der Waals surface area contributed by atoms with Crippen LogP contribution in [0.3, 0.4) is 0 Å². The molecule has 2 N–H and O–H groups in total. The molecule has 0 bridgehead atoms. The summed E-state index contributed by atoms with van der Waals surface area (Å²) < 4.78 is 0. The van der Waals surface area contributed by atoms with Gasteiger partial charge in [0.25, 0.3) is 0 Å². The predicted octanol–water partition coefficient (Wildman–Crippen LogP) is 2.89. The molecule has 0 aromatic heterocycles. The maximum absolute atomic E-state index is 9.93. The second-order valence-corrected chi connectivity index (χ2v) is 8.24. The largest absolute Gasteiger partial charge is 0.392 e. The van der Waals surface area contributed by atoms with E-state index in [1.54, 1.807) is 0 Å². The lowest BCUT2D eigenvalue weighted by molar-refractivity contribution is 0.0256. The van der Waals surface area contributed by atoms with Crippen molar-refractivity contribution in [3.8, 4) is 0 Å². The number of hydrogen-bond donors (Lipinski definition) is 2. The lowest BCUT2D eigenvalue weighted by Gasteiger charge is -2.44. The quantitative estimate of drug-likeness (QED) is 0.791. The summed E-state index contributed by atoms with van der Waals surface area (Å²) in [5, 5.41) is 13.6. The molecule has 1 unspecified atom stereocenters. The Labute approximate surface area is 131 Å². The van der Waals surface area contributed by atoms with Crippen molar-refractivity contribution in [2.24, 2.45) is 17.3 Å². The van der Waals surface area contributed by atoms with E-state index in [9.17, 15) is 5.11 Å². The zero-order valence-electron chi connectivity index (χ0n) is 14.4. The van der Waals surface area contributed by atoms with Crippen molar-refractivity contribution in [1.29, 1.82) is 0 Å². The molecule has 124 valence electrons. The molecule has 1 heterocycles. The topological polar surface area (TPSA) is 35.5 Å². The van der Waals surface area contributed by atoms with Gasteiger partial charge in [-0.05, 0) is 56.0 Å². The summed E-state index contributed by atoms with van der Waals surface area (Å²) in [4.78, 5) is 2.53. The number of rotatable bonds is 6. The highest BCUT2D eigenvalue weighted by atomic mass is 16.3. The first kappa shape index (κ1) is 17.2.